The Morgan fingerprint density at radius 2 is 2.16 bits per heavy atom. The number of piperidine rings is 1. The summed E-state index contributed by atoms with van der Waals surface area (Å²) in [5, 5.41) is 3.63. The zero-order valence-electron chi connectivity index (χ0n) is 14.7. The van der Waals surface area contributed by atoms with Gasteiger partial charge in [0.25, 0.3) is 0 Å². The maximum atomic E-state index is 12.5. The normalized spacial score (nSPS) is 18.2. The second kappa shape index (κ2) is 7.93. The van der Waals surface area contributed by atoms with Crippen molar-refractivity contribution >= 4 is 33.4 Å². The van der Waals surface area contributed by atoms with Crippen molar-refractivity contribution in [1.82, 2.24) is 20.1 Å². The van der Waals surface area contributed by atoms with Gasteiger partial charge in [0, 0.05) is 14.1 Å². The molecule has 0 saturated carbocycles. The summed E-state index contributed by atoms with van der Waals surface area (Å²) in [6, 6.07) is 8.34. The van der Waals surface area contributed by atoms with Crippen LogP contribution in [0.15, 0.2) is 24.3 Å². The molecule has 2 aromatic rings. The molecule has 2 heterocycles. The van der Waals surface area contributed by atoms with Gasteiger partial charge in [-0.3, -0.25) is 14.5 Å². The van der Waals surface area contributed by atoms with E-state index in [1.54, 1.807) is 25.4 Å². The standard InChI is InChI=1S/C18H24N4O2S/c1-19-16(23)11-21(2)17(24)12-22-10-6-5-8-14(22)18-20-13-7-3-4-9-15(13)25-18/h3-4,7,9,14H,5-6,8,10-12H2,1-2H3,(H,19,23)/t14-/m0/s1. The third-order valence-electron chi connectivity index (χ3n) is 4.63. The van der Waals surface area contributed by atoms with Crippen molar-refractivity contribution in [2.45, 2.75) is 25.3 Å². The Morgan fingerprint density at radius 1 is 1.36 bits per heavy atom. The number of hydrogen-bond acceptors (Lipinski definition) is 5. The number of hydrogen-bond donors (Lipinski definition) is 1. The lowest BCUT2D eigenvalue weighted by molar-refractivity contribution is -0.136. The van der Waals surface area contributed by atoms with Crippen LogP contribution in [0.5, 0.6) is 0 Å². The molecule has 7 heteroatoms. The van der Waals surface area contributed by atoms with Crippen LogP contribution in [-0.2, 0) is 9.59 Å². The smallest absolute Gasteiger partial charge is 0.239 e. The second-order valence-electron chi connectivity index (χ2n) is 6.42. The van der Waals surface area contributed by atoms with Gasteiger partial charge in [-0.05, 0) is 31.5 Å². The number of benzene rings is 1. The molecule has 0 aliphatic carbocycles. The molecular weight excluding hydrogens is 336 g/mol. The van der Waals surface area contributed by atoms with E-state index in [0.717, 1.165) is 36.3 Å². The van der Waals surface area contributed by atoms with Crippen LogP contribution in [0.25, 0.3) is 10.2 Å². The maximum absolute atomic E-state index is 12.5. The Hall–Kier alpha value is -1.99. The topological polar surface area (TPSA) is 65.5 Å². The molecule has 1 atom stereocenters. The molecule has 134 valence electrons. The third-order valence-corrected chi connectivity index (χ3v) is 5.77. The van der Waals surface area contributed by atoms with Gasteiger partial charge in [-0.15, -0.1) is 11.3 Å². The molecule has 25 heavy (non-hydrogen) atoms. The average Bonchev–Trinajstić information content (AvgIpc) is 3.05. The van der Waals surface area contributed by atoms with Crippen LogP contribution >= 0.6 is 11.3 Å². The van der Waals surface area contributed by atoms with Gasteiger partial charge in [0.2, 0.25) is 11.8 Å². The molecule has 1 fully saturated rings. The summed E-state index contributed by atoms with van der Waals surface area (Å²) in [5.41, 5.74) is 1.02. The Kier molecular flexibility index (Phi) is 5.65. The Morgan fingerprint density at radius 3 is 2.92 bits per heavy atom. The zero-order valence-corrected chi connectivity index (χ0v) is 15.5. The first-order valence-electron chi connectivity index (χ1n) is 8.62. The van der Waals surface area contributed by atoms with Crippen LogP contribution < -0.4 is 5.32 Å². The highest BCUT2D eigenvalue weighted by Crippen LogP contribution is 2.35. The molecule has 1 aromatic carbocycles. The van der Waals surface area contributed by atoms with E-state index in [-0.39, 0.29) is 24.4 Å². The summed E-state index contributed by atoms with van der Waals surface area (Å²) < 4.78 is 1.19. The monoisotopic (exact) mass is 360 g/mol. The van der Waals surface area contributed by atoms with Gasteiger partial charge in [0.05, 0.1) is 29.3 Å². The van der Waals surface area contributed by atoms with Crippen LogP contribution in [-0.4, -0.2) is 60.3 Å². The Bertz CT molecular complexity index is 727. The van der Waals surface area contributed by atoms with Crippen LogP contribution in [0.1, 0.15) is 30.3 Å². The van der Waals surface area contributed by atoms with E-state index >= 15 is 0 Å². The number of nitrogens with one attached hydrogen (secondary N) is 1. The highest BCUT2D eigenvalue weighted by molar-refractivity contribution is 7.18. The minimum Gasteiger partial charge on any atom is -0.358 e. The van der Waals surface area contributed by atoms with E-state index in [2.05, 4.69) is 16.3 Å². The number of likely N-dealkylation sites (N-methyl/N-ethyl adjacent to an activating group) is 2. The lowest BCUT2D eigenvalue weighted by Crippen LogP contribution is -2.44. The summed E-state index contributed by atoms with van der Waals surface area (Å²) in [6.45, 7) is 1.31. The summed E-state index contributed by atoms with van der Waals surface area (Å²) in [6.07, 6.45) is 3.26. The number of carbonyl (C=O) groups excluding carboxylic acids is 2. The predicted octanol–water partition coefficient (Wildman–Crippen LogP) is 2.03. The van der Waals surface area contributed by atoms with E-state index in [0.29, 0.717) is 6.54 Å². The highest BCUT2D eigenvalue weighted by Gasteiger charge is 2.29. The van der Waals surface area contributed by atoms with Crippen LogP contribution in [0.3, 0.4) is 0 Å². The lowest BCUT2D eigenvalue weighted by atomic mass is 10.0. The van der Waals surface area contributed by atoms with E-state index < -0.39 is 0 Å². The van der Waals surface area contributed by atoms with Crippen molar-refractivity contribution in [3.05, 3.63) is 29.3 Å². The van der Waals surface area contributed by atoms with Crippen LogP contribution in [0.4, 0.5) is 0 Å². The van der Waals surface area contributed by atoms with Crippen molar-refractivity contribution in [1.29, 1.82) is 0 Å². The predicted molar refractivity (Wildman–Crippen MR) is 99.5 cm³/mol. The molecule has 1 saturated heterocycles. The minimum absolute atomic E-state index is 0.0309. The first-order valence-corrected chi connectivity index (χ1v) is 9.44. The molecule has 6 nitrogen and oxygen atoms in total. The van der Waals surface area contributed by atoms with Gasteiger partial charge >= 0.3 is 0 Å². The van der Waals surface area contributed by atoms with E-state index in [1.807, 2.05) is 18.2 Å². The fourth-order valence-corrected chi connectivity index (χ4v) is 4.31. The molecule has 1 aliphatic heterocycles. The van der Waals surface area contributed by atoms with Gasteiger partial charge in [-0.2, -0.15) is 0 Å². The van der Waals surface area contributed by atoms with E-state index in [4.69, 9.17) is 4.98 Å². The SMILES string of the molecule is CNC(=O)CN(C)C(=O)CN1CCCC[C@H]1c1nc2ccccc2s1. The Balaban J connectivity index is 1.72. The molecular formula is C18H24N4O2S. The molecule has 0 radical (unpaired) electrons. The molecule has 0 bridgehead atoms. The summed E-state index contributed by atoms with van der Waals surface area (Å²) in [7, 11) is 3.25. The van der Waals surface area contributed by atoms with Crippen LogP contribution in [0, 0.1) is 0 Å². The van der Waals surface area contributed by atoms with E-state index in [9.17, 15) is 9.59 Å². The molecule has 1 N–H and O–H groups in total. The minimum atomic E-state index is -0.155. The maximum Gasteiger partial charge on any atom is 0.239 e. The second-order valence-corrected chi connectivity index (χ2v) is 7.49. The number of likely N-dealkylation sites (tertiary alicyclic amines) is 1. The number of amides is 2. The summed E-state index contributed by atoms with van der Waals surface area (Å²) in [5.74, 6) is -0.186. The molecule has 0 spiro atoms. The number of nitrogens with zero attached hydrogens (tertiary/aromatic N) is 3. The number of aromatic nitrogens is 1. The molecule has 3 rings (SSSR count). The Labute approximate surface area is 151 Å². The number of carbonyl (C=O) groups is 2. The van der Waals surface area contributed by atoms with Gasteiger partial charge in [0.1, 0.15) is 5.01 Å². The number of thiazole rings is 1. The van der Waals surface area contributed by atoms with Gasteiger partial charge in [0.15, 0.2) is 0 Å². The first kappa shape index (κ1) is 17.8. The highest BCUT2D eigenvalue weighted by atomic mass is 32.1. The number of para-hydroxylation sites is 1. The first-order chi connectivity index (χ1) is 12.1. The molecule has 2 amide bonds. The van der Waals surface area contributed by atoms with Gasteiger partial charge in [-0.25, -0.2) is 4.98 Å². The molecule has 1 aromatic heterocycles. The molecule has 0 unspecified atom stereocenters. The van der Waals surface area contributed by atoms with Crippen LogP contribution in [0.2, 0.25) is 0 Å². The molecule has 1 aliphatic rings. The van der Waals surface area contributed by atoms with Crippen molar-refractivity contribution in [3.8, 4) is 0 Å². The summed E-state index contributed by atoms with van der Waals surface area (Å²) in [4.78, 5) is 32.5. The van der Waals surface area contributed by atoms with Crippen molar-refractivity contribution < 1.29 is 9.59 Å². The van der Waals surface area contributed by atoms with Crippen molar-refractivity contribution in [2.24, 2.45) is 0 Å². The van der Waals surface area contributed by atoms with Gasteiger partial charge in [-0.1, -0.05) is 18.6 Å². The number of rotatable bonds is 5. The quantitative estimate of drug-likeness (QED) is 0.886. The average molecular weight is 360 g/mol. The fraction of sp³-hybridized carbons (Fsp3) is 0.500. The van der Waals surface area contributed by atoms with E-state index in [1.165, 1.54) is 9.60 Å². The fourth-order valence-electron chi connectivity index (χ4n) is 3.17. The van der Waals surface area contributed by atoms with Crippen molar-refractivity contribution in [2.75, 3.05) is 33.7 Å². The van der Waals surface area contributed by atoms with Crippen molar-refractivity contribution in [3.63, 3.8) is 0 Å². The zero-order chi connectivity index (χ0) is 17.8. The van der Waals surface area contributed by atoms with Gasteiger partial charge < -0.3 is 10.2 Å². The third kappa shape index (κ3) is 4.16. The lowest BCUT2D eigenvalue weighted by Gasteiger charge is -2.34. The summed E-state index contributed by atoms with van der Waals surface area (Å²) >= 11 is 1.72. The number of fused-ring (bicyclic) bond motifs is 1. The largest absolute Gasteiger partial charge is 0.358 e.